The Kier molecular flexibility index (Phi) is 6.80. The zero-order chi connectivity index (χ0) is 25.4. The molecule has 3 rings (SSSR count). The Hall–Kier alpha value is -3.33. The van der Waals surface area contributed by atoms with Gasteiger partial charge in [-0.1, -0.05) is 0 Å². The predicted molar refractivity (Wildman–Crippen MR) is 93.1 cm³/mol. The molecule has 1 aromatic heterocycles. The molecule has 1 aromatic carbocycles. The molecule has 0 unspecified atom stereocenters. The van der Waals surface area contributed by atoms with E-state index in [9.17, 15) is 49.1 Å². The summed E-state index contributed by atoms with van der Waals surface area (Å²) in [6.07, 6.45) is -11.8. The SMILES string of the molecule is O=C(C[C@H](Cc1cc(F)c(F)cc1F)NC(=O)C(F)(F)F)N1CCn2c(nnc2C(F)(F)F)C1. The van der Waals surface area contributed by atoms with Crippen LogP contribution in [0, 0.1) is 17.5 Å². The number of carbonyl (C=O) groups is 2. The summed E-state index contributed by atoms with van der Waals surface area (Å²) >= 11 is 0. The van der Waals surface area contributed by atoms with Gasteiger partial charge in [-0.2, -0.15) is 26.3 Å². The van der Waals surface area contributed by atoms with E-state index >= 15 is 0 Å². The molecule has 186 valence electrons. The molecular weight excluding hydrogens is 489 g/mol. The second kappa shape index (κ2) is 9.13. The number of aromatic nitrogens is 3. The summed E-state index contributed by atoms with van der Waals surface area (Å²) in [5, 5.41) is 7.90. The first kappa shape index (κ1) is 25.3. The van der Waals surface area contributed by atoms with Gasteiger partial charge in [0.15, 0.2) is 17.5 Å². The van der Waals surface area contributed by atoms with Crippen LogP contribution in [0.3, 0.4) is 0 Å². The Balaban J connectivity index is 1.78. The third kappa shape index (κ3) is 5.59. The summed E-state index contributed by atoms with van der Waals surface area (Å²) in [5.74, 6) is -9.24. The van der Waals surface area contributed by atoms with Crippen molar-refractivity contribution >= 4 is 11.8 Å². The van der Waals surface area contributed by atoms with Crippen molar-refractivity contribution < 1.29 is 49.1 Å². The molecule has 1 N–H and O–H groups in total. The maximum atomic E-state index is 14.0. The highest BCUT2D eigenvalue weighted by Gasteiger charge is 2.41. The molecule has 1 aliphatic heterocycles. The summed E-state index contributed by atoms with van der Waals surface area (Å²) in [7, 11) is 0. The molecule has 7 nitrogen and oxygen atoms in total. The van der Waals surface area contributed by atoms with Gasteiger partial charge in [0.05, 0.1) is 6.54 Å². The van der Waals surface area contributed by atoms with Gasteiger partial charge >= 0.3 is 18.3 Å². The number of hydrogen-bond donors (Lipinski definition) is 1. The lowest BCUT2D eigenvalue weighted by atomic mass is 10.0. The van der Waals surface area contributed by atoms with Gasteiger partial charge in [-0.05, 0) is 18.1 Å². The molecule has 34 heavy (non-hydrogen) atoms. The zero-order valence-electron chi connectivity index (χ0n) is 16.8. The molecule has 0 saturated heterocycles. The lowest BCUT2D eigenvalue weighted by Crippen LogP contribution is -2.47. The maximum absolute atomic E-state index is 14.0. The minimum Gasteiger partial charge on any atom is -0.345 e. The van der Waals surface area contributed by atoms with Gasteiger partial charge < -0.3 is 14.8 Å². The molecule has 1 aliphatic rings. The van der Waals surface area contributed by atoms with Crippen molar-refractivity contribution in [1.29, 1.82) is 0 Å². The first-order chi connectivity index (χ1) is 15.7. The maximum Gasteiger partial charge on any atom is 0.471 e. The van der Waals surface area contributed by atoms with Crippen LogP contribution in [-0.4, -0.2) is 50.2 Å². The Bertz CT molecular complexity index is 1100. The fourth-order valence-electron chi connectivity index (χ4n) is 3.35. The van der Waals surface area contributed by atoms with Gasteiger partial charge in [0.2, 0.25) is 11.7 Å². The second-order valence-corrected chi connectivity index (χ2v) is 7.34. The van der Waals surface area contributed by atoms with E-state index in [1.165, 1.54) is 5.32 Å². The largest absolute Gasteiger partial charge is 0.471 e. The van der Waals surface area contributed by atoms with Crippen molar-refractivity contribution in [3.05, 3.63) is 46.8 Å². The topological polar surface area (TPSA) is 80.1 Å². The van der Waals surface area contributed by atoms with Crippen LogP contribution in [0.5, 0.6) is 0 Å². The summed E-state index contributed by atoms with van der Waals surface area (Å²) < 4.78 is 118. The van der Waals surface area contributed by atoms with Gasteiger partial charge in [-0.25, -0.2) is 13.2 Å². The number of nitrogens with zero attached hydrogens (tertiary/aromatic N) is 4. The Morgan fingerprint density at radius 3 is 2.24 bits per heavy atom. The highest BCUT2D eigenvalue weighted by Crippen LogP contribution is 2.29. The summed E-state index contributed by atoms with van der Waals surface area (Å²) in [4.78, 5) is 25.0. The number of benzene rings is 1. The molecule has 0 spiro atoms. The first-order valence-corrected chi connectivity index (χ1v) is 9.45. The van der Waals surface area contributed by atoms with Gasteiger partial charge in [0.1, 0.15) is 5.82 Å². The number of fused-ring (bicyclic) bond motifs is 1. The number of alkyl halides is 6. The molecule has 2 aromatic rings. The van der Waals surface area contributed by atoms with Crippen LogP contribution in [-0.2, 0) is 35.3 Å². The number of halogens is 9. The molecule has 0 fully saturated rings. The Labute approximate surface area is 184 Å². The number of amides is 2. The molecule has 0 radical (unpaired) electrons. The number of hydrogen-bond acceptors (Lipinski definition) is 4. The van der Waals surface area contributed by atoms with Crippen LogP contribution in [0.2, 0.25) is 0 Å². The van der Waals surface area contributed by atoms with Crippen LogP contribution < -0.4 is 5.32 Å². The van der Waals surface area contributed by atoms with Crippen LogP contribution >= 0.6 is 0 Å². The molecule has 16 heteroatoms. The minimum atomic E-state index is -5.36. The van der Waals surface area contributed by atoms with Crippen LogP contribution in [0.15, 0.2) is 12.1 Å². The Morgan fingerprint density at radius 2 is 1.62 bits per heavy atom. The lowest BCUT2D eigenvalue weighted by molar-refractivity contribution is -0.174. The van der Waals surface area contributed by atoms with Gasteiger partial charge in [-0.15, -0.1) is 10.2 Å². The molecule has 2 amide bonds. The van der Waals surface area contributed by atoms with Crippen molar-refractivity contribution in [2.45, 2.75) is 44.3 Å². The summed E-state index contributed by atoms with van der Waals surface area (Å²) in [5.41, 5.74) is -0.604. The Morgan fingerprint density at radius 1 is 0.971 bits per heavy atom. The van der Waals surface area contributed by atoms with Gasteiger partial charge in [0.25, 0.3) is 0 Å². The number of rotatable bonds is 5. The smallest absolute Gasteiger partial charge is 0.345 e. The third-order valence-electron chi connectivity index (χ3n) is 4.93. The second-order valence-electron chi connectivity index (χ2n) is 7.34. The average molecular weight is 503 g/mol. The highest BCUT2D eigenvalue weighted by molar-refractivity contribution is 5.83. The average Bonchev–Trinajstić information content (AvgIpc) is 3.14. The fraction of sp³-hybridized carbons (Fsp3) is 0.444. The van der Waals surface area contributed by atoms with Crippen molar-refractivity contribution in [1.82, 2.24) is 25.0 Å². The van der Waals surface area contributed by atoms with Crippen molar-refractivity contribution in [2.75, 3.05) is 6.54 Å². The van der Waals surface area contributed by atoms with Crippen molar-refractivity contribution in [3.8, 4) is 0 Å². The van der Waals surface area contributed by atoms with E-state index in [2.05, 4.69) is 10.2 Å². The van der Waals surface area contributed by atoms with E-state index in [1.54, 1.807) is 0 Å². The van der Waals surface area contributed by atoms with E-state index in [4.69, 9.17) is 0 Å². The summed E-state index contributed by atoms with van der Waals surface area (Å²) in [6, 6.07) is -1.17. The van der Waals surface area contributed by atoms with E-state index in [0.717, 1.165) is 9.47 Å². The third-order valence-corrected chi connectivity index (χ3v) is 4.93. The quantitative estimate of drug-likeness (QED) is 0.503. The molecule has 0 aliphatic carbocycles. The molecular formula is C18H14F9N5O2. The molecule has 2 heterocycles. The van der Waals surface area contributed by atoms with Crippen LogP contribution in [0.25, 0.3) is 0 Å². The minimum absolute atomic E-state index is 0.158. The molecule has 1 atom stereocenters. The van der Waals surface area contributed by atoms with Crippen molar-refractivity contribution in [3.63, 3.8) is 0 Å². The standard InChI is InChI=1S/C18H14F9N5O2/c19-10-6-12(21)11(20)4-8(10)3-9(28-16(34)18(25,26)27)5-14(33)31-1-2-32-13(7-31)29-30-15(32)17(22,23)24/h4,6,9H,1-3,5,7H2,(H,28,34)/t9-/m0/s1. The van der Waals surface area contributed by atoms with Gasteiger partial charge in [-0.3, -0.25) is 9.59 Å². The van der Waals surface area contributed by atoms with E-state index < -0.39 is 78.4 Å². The fourth-order valence-corrected chi connectivity index (χ4v) is 3.35. The predicted octanol–water partition coefficient (Wildman–Crippen LogP) is 2.74. The summed E-state index contributed by atoms with van der Waals surface area (Å²) in [6.45, 7) is -1.10. The molecule has 0 saturated carbocycles. The zero-order valence-corrected chi connectivity index (χ0v) is 16.8. The van der Waals surface area contributed by atoms with Crippen LogP contribution in [0.1, 0.15) is 23.6 Å². The van der Waals surface area contributed by atoms with E-state index in [-0.39, 0.29) is 25.0 Å². The lowest BCUT2D eigenvalue weighted by Gasteiger charge is -2.30. The van der Waals surface area contributed by atoms with Crippen molar-refractivity contribution in [2.24, 2.45) is 0 Å². The van der Waals surface area contributed by atoms with Crippen LogP contribution in [0.4, 0.5) is 39.5 Å². The highest BCUT2D eigenvalue weighted by atomic mass is 19.4. The normalized spacial score (nSPS) is 15.1. The monoisotopic (exact) mass is 503 g/mol. The molecule has 0 bridgehead atoms. The van der Waals surface area contributed by atoms with Gasteiger partial charge in [0, 0.05) is 31.6 Å². The number of carbonyl (C=O) groups excluding carboxylic acids is 2. The number of nitrogens with one attached hydrogen (secondary N) is 1. The first-order valence-electron chi connectivity index (χ1n) is 9.45. The van der Waals surface area contributed by atoms with E-state index in [1.807, 2.05) is 0 Å². The van der Waals surface area contributed by atoms with E-state index in [0.29, 0.717) is 6.07 Å².